The smallest absolute Gasteiger partial charge is 0.310 e. The number of esters is 1. The highest BCUT2D eigenvalue weighted by atomic mass is 16.6. The molecule has 1 aliphatic carbocycles. The summed E-state index contributed by atoms with van der Waals surface area (Å²) in [5.41, 5.74) is 0.862. The molecule has 1 saturated carbocycles. The molecule has 1 aromatic rings. The number of fused-ring (bicyclic) bond motifs is 1. The van der Waals surface area contributed by atoms with Crippen molar-refractivity contribution in [2.45, 2.75) is 33.8 Å². The van der Waals surface area contributed by atoms with Crippen molar-refractivity contribution >= 4 is 5.97 Å². The Kier molecular flexibility index (Phi) is 2.98. The van der Waals surface area contributed by atoms with Gasteiger partial charge in [-0.1, -0.05) is 27.7 Å². The lowest BCUT2D eigenvalue weighted by atomic mass is 10.0. The normalized spacial score (nSPS) is 24.9. The van der Waals surface area contributed by atoms with Crippen LogP contribution in [0, 0.1) is 16.7 Å². The van der Waals surface area contributed by atoms with Crippen LogP contribution in [0.5, 0.6) is 11.5 Å². The molecule has 21 heavy (non-hydrogen) atoms. The zero-order chi connectivity index (χ0) is 15.4. The summed E-state index contributed by atoms with van der Waals surface area (Å²) in [7, 11) is 1.62. The number of carbonyl (C=O) groups excluding carboxylic acids is 1. The van der Waals surface area contributed by atoms with E-state index in [4.69, 9.17) is 14.2 Å². The van der Waals surface area contributed by atoms with Crippen LogP contribution in [0.15, 0.2) is 18.2 Å². The lowest BCUT2D eigenvalue weighted by Crippen LogP contribution is -2.17. The van der Waals surface area contributed by atoms with Crippen molar-refractivity contribution in [3.63, 3.8) is 0 Å². The van der Waals surface area contributed by atoms with Crippen LogP contribution in [0.3, 0.4) is 0 Å². The molecule has 1 aliphatic heterocycles. The van der Waals surface area contributed by atoms with Crippen LogP contribution < -0.4 is 9.47 Å². The third kappa shape index (κ3) is 2.00. The van der Waals surface area contributed by atoms with Crippen LogP contribution >= 0.6 is 0 Å². The monoisotopic (exact) mass is 290 g/mol. The van der Waals surface area contributed by atoms with E-state index in [1.165, 1.54) is 0 Å². The van der Waals surface area contributed by atoms with E-state index in [9.17, 15) is 4.79 Å². The number of hydrogen-bond donors (Lipinski definition) is 0. The second-order valence-electron chi connectivity index (χ2n) is 7.02. The second kappa shape index (κ2) is 4.39. The van der Waals surface area contributed by atoms with Gasteiger partial charge in [0, 0.05) is 5.56 Å². The summed E-state index contributed by atoms with van der Waals surface area (Å²) in [5.74, 6) is 1.32. The van der Waals surface area contributed by atoms with Crippen molar-refractivity contribution < 1.29 is 19.0 Å². The maximum Gasteiger partial charge on any atom is 0.310 e. The van der Waals surface area contributed by atoms with E-state index < -0.39 is 0 Å². The summed E-state index contributed by atoms with van der Waals surface area (Å²) in [6, 6.07) is 5.58. The molecule has 0 spiro atoms. The summed E-state index contributed by atoms with van der Waals surface area (Å²) >= 11 is 0. The minimum Gasteiger partial charge on any atom is -0.497 e. The van der Waals surface area contributed by atoms with Crippen molar-refractivity contribution in [3.8, 4) is 11.5 Å². The average Bonchev–Trinajstić information content (AvgIpc) is 2.73. The number of ether oxygens (including phenoxy) is 3. The summed E-state index contributed by atoms with van der Waals surface area (Å²) in [5, 5.41) is 0. The van der Waals surface area contributed by atoms with Crippen LogP contribution in [0.4, 0.5) is 0 Å². The first-order chi connectivity index (χ1) is 9.79. The molecule has 2 aliphatic rings. The summed E-state index contributed by atoms with van der Waals surface area (Å²) in [6.07, 6.45) is -0.338. The summed E-state index contributed by atoms with van der Waals surface area (Å²) in [6.45, 7) is 8.83. The fourth-order valence-corrected chi connectivity index (χ4v) is 3.38. The first-order valence-electron chi connectivity index (χ1n) is 7.30. The van der Waals surface area contributed by atoms with Crippen LogP contribution in [0.25, 0.3) is 0 Å². The van der Waals surface area contributed by atoms with Crippen LogP contribution in [-0.4, -0.2) is 19.7 Å². The molecule has 0 N–H and O–H groups in total. The molecule has 3 rings (SSSR count). The molecule has 0 saturated heterocycles. The molecular formula is C17H22O4. The predicted octanol–water partition coefficient (Wildman–Crippen LogP) is 3.35. The number of benzene rings is 1. The van der Waals surface area contributed by atoms with Crippen molar-refractivity contribution in [1.82, 2.24) is 0 Å². The molecule has 1 unspecified atom stereocenters. The summed E-state index contributed by atoms with van der Waals surface area (Å²) in [4.78, 5) is 12.4. The molecule has 1 heterocycles. The van der Waals surface area contributed by atoms with E-state index in [1.807, 2.05) is 18.2 Å². The van der Waals surface area contributed by atoms with Crippen molar-refractivity contribution in [2.75, 3.05) is 13.7 Å². The van der Waals surface area contributed by atoms with E-state index in [1.54, 1.807) is 7.11 Å². The zero-order valence-corrected chi connectivity index (χ0v) is 13.2. The summed E-state index contributed by atoms with van der Waals surface area (Å²) < 4.78 is 16.5. The van der Waals surface area contributed by atoms with Crippen LogP contribution in [0.2, 0.25) is 0 Å². The molecule has 0 amide bonds. The highest BCUT2D eigenvalue weighted by molar-refractivity contribution is 5.79. The van der Waals surface area contributed by atoms with Gasteiger partial charge in [-0.2, -0.15) is 0 Å². The molecule has 114 valence electrons. The molecule has 0 aromatic heterocycles. The molecule has 0 radical (unpaired) electrons. The second-order valence-corrected chi connectivity index (χ2v) is 7.02. The lowest BCUT2D eigenvalue weighted by Gasteiger charge is -2.12. The van der Waals surface area contributed by atoms with Gasteiger partial charge in [0.15, 0.2) is 6.10 Å². The molecule has 1 aromatic carbocycles. The number of hydrogen-bond acceptors (Lipinski definition) is 4. The van der Waals surface area contributed by atoms with E-state index in [0.717, 1.165) is 17.1 Å². The van der Waals surface area contributed by atoms with Crippen molar-refractivity contribution in [3.05, 3.63) is 23.8 Å². The Morgan fingerprint density at radius 1 is 1.24 bits per heavy atom. The van der Waals surface area contributed by atoms with Gasteiger partial charge in [0.25, 0.3) is 0 Å². The van der Waals surface area contributed by atoms with Gasteiger partial charge in [0.2, 0.25) is 0 Å². The average molecular weight is 290 g/mol. The molecule has 1 atom stereocenters. The number of carbonyl (C=O) groups is 1. The lowest BCUT2D eigenvalue weighted by molar-refractivity contribution is -0.153. The Balaban J connectivity index is 1.76. The Hall–Kier alpha value is -1.71. The third-order valence-corrected chi connectivity index (χ3v) is 5.47. The quantitative estimate of drug-likeness (QED) is 0.801. The molecule has 0 bridgehead atoms. The first-order valence-corrected chi connectivity index (χ1v) is 7.30. The Morgan fingerprint density at radius 2 is 1.90 bits per heavy atom. The minimum absolute atomic E-state index is 0.0131. The van der Waals surface area contributed by atoms with Gasteiger partial charge in [0.05, 0.1) is 13.0 Å². The Bertz CT molecular complexity index is 574. The molecule has 4 heteroatoms. The van der Waals surface area contributed by atoms with E-state index in [0.29, 0.717) is 6.61 Å². The highest BCUT2D eigenvalue weighted by Gasteiger charge is 2.69. The van der Waals surface area contributed by atoms with Gasteiger partial charge in [0.1, 0.15) is 18.1 Å². The van der Waals surface area contributed by atoms with Crippen molar-refractivity contribution in [2.24, 2.45) is 16.7 Å². The Labute approximate surface area is 125 Å². The maximum absolute atomic E-state index is 12.4. The van der Waals surface area contributed by atoms with Gasteiger partial charge in [-0.25, -0.2) is 0 Å². The van der Waals surface area contributed by atoms with E-state index in [-0.39, 0.29) is 28.8 Å². The SMILES string of the molecule is COc1ccc2c(c1)C(OC(=O)C1C(C)(C)C1(C)C)CO2. The van der Waals surface area contributed by atoms with Gasteiger partial charge < -0.3 is 14.2 Å². The van der Waals surface area contributed by atoms with E-state index in [2.05, 4.69) is 27.7 Å². The number of rotatable bonds is 3. The number of methoxy groups -OCH3 is 1. The topological polar surface area (TPSA) is 44.8 Å². The van der Waals surface area contributed by atoms with Gasteiger partial charge in [-0.15, -0.1) is 0 Å². The standard InChI is InChI=1S/C17H22O4/c1-16(2)14(17(16,3)4)15(18)21-13-9-20-12-7-6-10(19-5)8-11(12)13/h6-8,13-14H,9H2,1-5H3. The third-order valence-electron chi connectivity index (χ3n) is 5.47. The fraction of sp³-hybridized carbons (Fsp3) is 0.588. The maximum atomic E-state index is 12.4. The zero-order valence-electron chi connectivity index (χ0n) is 13.2. The van der Waals surface area contributed by atoms with Gasteiger partial charge >= 0.3 is 5.97 Å². The molecule has 4 nitrogen and oxygen atoms in total. The largest absolute Gasteiger partial charge is 0.497 e. The van der Waals surface area contributed by atoms with Gasteiger partial charge in [-0.05, 0) is 29.0 Å². The van der Waals surface area contributed by atoms with Crippen molar-refractivity contribution in [1.29, 1.82) is 0 Å². The molecule has 1 fully saturated rings. The van der Waals surface area contributed by atoms with E-state index >= 15 is 0 Å². The van der Waals surface area contributed by atoms with Crippen LogP contribution in [-0.2, 0) is 9.53 Å². The van der Waals surface area contributed by atoms with Gasteiger partial charge in [-0.3, -0.25) is 4.79 Å². The first kappa shape index (κ1) is 14.2. The molecular weight excluding hydrogens is 268 g/mol. The van der Waals surface area contributed by atoms with Crippen LogP contribution in [0.1, 0.15) is 39.4 Å². The fourth-order valence-electron chi connectivity index (χ4n) is 3.38. The highest BCUT2D eigenvalue weighted by Crippen LogP contribution is 2.68. The minimum atomic E-state index is -0.338. The Morgan fingerprint density at radius 3 is 2.48 bits per heavy atom. The predicted molar refractivity (Wildman–Crippen MR) is 78.4 cm³/mol.